The smallest absolute Gasteiger partial charge is 0.267 e. The van der Waals surface area contributed by atoms with E-state index in [0.717, 1.165) is 0 Å². The molecule has 1 aromatic rings. The van der Waals surface area contributed by atoms with E-state index in [1.165, 1.54) is 24.3 Å². The lowest BCUT2D eigenvalue weighted by atomic mass is 10.2. The molecule has 3 nitrogen and oxygen atoms in total. The van der Waals surface area contributed by atoms with E-state index in [-0.39, 0.29) is 17.6 Å². The van der Waals surface area contributed by atoms with Gasteiger partial charge in [-0.25, -0.2) is 9.82 Å². The maximum absolute atomic E-state index is 12.5. The number of halogens is 1. The molecule has 15 heavy (non-hydrogen) atoms. The van der Waals surface area contributed by atoms with Crippen LogP contribution < -0.4 is 5.43 Å². The summed E-state index contributed by atoms with van der Waals surface area (Å²) < 4.78 is 12.5. The molecule has 0 radical (unpaired) electrons. The summed E-state index contributed by atoms with van der Waals surface area (Å²) in [7, 11) is 0. The van der Waals surface area contributed by atoms with Crippen LogP contribution in [0, 0.1) is 11.7 Å². The number of nitrogens with one attached hydrogen (secondary N) is 1. The first kappa shape index (κ1) is 11.4. The lowest BCUT2D eigenvalue weighted by Crippen LogP contribution is -2.17. The summed E-state index contributed by atoms with van der Waals surface area (Å²) in [6, 6.07) is 5.30. The van der Waals surface area contributed by atoms with Crippen LogP contribution in [0.4, 0.5) is 4.39 Å². The summed E-state index contributed by atoms with van der Waals surface area (Å²) >= 11 is 0. The van der Waals surface area contributed by atoms with Gasteiger partial charge in [0.1, 0.15) is 5.82 Å². The zero-order valence-electron chi connectivity index (χ0n) is 8.70. The first-order valence-electron chi connectivity index (χ1n) is 4.68. The van der Waals surface area contributed by atoms with Crippen LogP contribution in [0.2, 0.25) is 0 Å². The normalized spacial score (nSPS) is 10.9. The third-order valence-corrected chi connectivity index (χ3v) is 1.65. The zero-order valence-corrected chi connectivity index (χ0v) is 8.70. The van der Waals surface area contributed by atoms with Crippen molar-refractivity contribution in [1.82, 2.24) is 5.43 Å². The van der Waals surface area contributed by atoms with Gasteiger partial charge in [-0.15, -0.1) is 0 Å². The fourth-order valence-corrected chi connectivity index (χ4v) is 0.911. The van der Waals surface area contributed by atoms with E-state index in [0.29, 0.717) is 5.56 Å². The Bertz CT molecular complexity index is 357. The second-order valence-corrected chi connectivity index (χ2v) is 3.47. The van der Waals surface area contributed by atoms with Crippen LogP contribution in [0.3, 0.4) is 0 Å². The molecule has 1 rings (SSSR count). The van der Waals surface area contributed by atoms with Crippen LogP contribution in [0.1, 0.15) is 24.2 Å². The van der Waals surface area contributed by atoms with Crippen LogP contribution in [0.15, 0.2) is 29.4 Å². The van der Waals surface area contributed by atoms with E-state index >= 15 is 0 Å². The van der Waals surface area contributed by atoms with Gasteiger partial charge in [0.05, 0.1) is 0 Å². The molecule has 0 aromatic heterocycles. The molecule has 0 bridgehead atoms. The SMILES string of the molecule is CC(C)/C=N/NC(=O)c1ccc(F)cc1. The molecule has 0 fully saturated rings. The number of hydrogen-bond acceptors (Lipinski definition) is 2. The number of hydrazone groups is 1. The summed E-state index contributed by atoms with van der Waals surface area (Å²) in [6.07, 6.45) is 1.63. The van der Waals surface area contributed by atoms with Crippen LogP contribution in [-0.2, 0) is 0 Å². The Morgan fingerprint density at radius 2 is 2.00 bits per heavy atom. The standard InChI is InChI=1S/C11H13FN2O/c1-8(2)7-13-14-11(15)9-3-5-10(12)6-4-9/h3-8H,1-2H3,(H,14,15)/b13-7+. The van der Waals surface area contributed by atoms with Crippen LogP contribution in [0.5, 0.6) is 0 Å². The molecule has 0 saturated carbocycles. The Morgan fingerprint density at radius 1 is 1.40 bits per heavy atom. The lowest BCUT2D eigenvalue weighted by molar-refractivity contribution is 0.0955. The Labute approximate surface area is 88.0 Å². The first-order valence-corrected chi connectivity index (χ1v) is 4.68. The lowest BCUT2D eigenvalue weighted by Gasteiger charge is -1.99. The third kappa shape index (κ3) is 3.89. The average Bonchev–Trinajstić information content (AvgIpc) is 2.18. The Balaban J connectivity index is 2.58. The van der Waals surface area contributed by atoms with Crippen molar-refractivity contribution in [3.8, 4) is 0 Å². The van der Waals surface area contributed by atoms with Crippen molar-refractivity contribution >= 4 is 12.1 Å². The van der Waals surface area contributed by atoms with Gasteiger partial charge in [0, 0.05) is 11.8 Å². The number of carbonyl (C=O) groups is 1. The average molecular weight is 208 g/mol. The molecular weight excluding hydrogens is 195 g/mol. The molecule has 0 aliphatic carbocycles. The Hall–Kier alpha value is -1.71. The topological polar surface area (TPSA) is 41.5 Å². The van der Waals surface area contributed by atoms with E-state index in [9.17, 15) is 9.18 Å². The van der Waals surface area contributed by atoms with E-state index < -0.39 is 0 Å². The number of hydrogen-bond donors (Lipinski definition) is 1. The number of amides is 1. The third-order valence-electron chi connectivity index (χ3n) is 1.65. The summed E-state index contributed by atoms with van der Waals surface area (Å²) in [6.45, 7) is 3.90. The van der Waals surface area contributed by atoms with Crippen molar-refractivity contribution in [2.24, 2.45) is 11.0 Å². The van der Waals surface area contributed by atoms with Crippen molar-refractivity contribution in [2.75, 3.05) is 0 Å². The predicted octanol–water partition coefficient (Wildman–Crippen LogP) is 2.20. The number of rotatable bonds is 3. The molecule has 80 valence electrons. The summed E-state index contributed by atoms with van der Waals surface area (Å²) in [5, 5.41) is 3.75. The van der Waals surface area contributed by atoms with Crippen LogP contribution >= 0.6 is 0 Å². The van der Waals surface area contributed by atoms with Gasteiger partial charge >= 0.3 is 0 Å². The molecule has 0 unspecified atom stereocenters. The Kier molecular flexibility index (Phi) is 3.97. The molecule has 1 amide bonds. The van der Waals surface area contributed by atoms with Gasteiger partial charge in [-0.2, -0.15) is 5.10 Å². The van der Waals surface area contributed by atoms with Gasteiger partial charge in [0.25, 0.3) is 5.91 Å². The second kappa shape index (κ2) is 5.24. The van der Waals surface area contributed by atoms with Crippen molar-refractivity contribution < 1.29 is 9.18 Å². The number of carbonyl (C=O) groups excluding carboxylic acids is 1. The van der Waals surface area contributed by atoms with E-state index in [2.05, 4.69) is 10.5 Å². The van der Waals surface area contributed by atoms with Crippen molar-refractivity contribution in [3.63, 3.8) is 0 Å². The highest BCUT2D eigenvalue weighted by atomic mass is 19.1. The molecule has 0 aliphatic heterocycles. The minimum absolute atomic E-state index is 0.276. The Morgan fingerprint density at radius 3 is 2.53 bits per heavy atom. The maximum atomic E-state index is 12.5. The molecule has 0 aliphatic rings. The van der Waals surface area contributed by atoms with Gasteiger partial charge in [0.2, 0.25) is 0 Å². The molecule has 1 aromatic carbocycles. The highest BCUT2D eigenvalue weighted by Crippen LogP contribution is 2.02. The highest BCUT2D eigenvalue weighted by Gasteiger charge is 2.03. The predicted molar refractivity (Wildman–Crippen MR) is 57.2 cm³/mol. The highest BCUT2D eigenvalue weighted by molar-refractivity contribution is 5.94. The molecule has 0 atom stereocenters. The molecule has 4 heteroatoms. The van der Waals surface area contributed by atoms with Gasteiger partial charge in [-0.1, -0.05) is 13.8 Å². The summed E-state index contributed by atoms with van der Waals surface area (Å²) in [5.41, 5.74) is 2.74. The molecule has 0 saturated heterocycles. The second-order valence-electron chi connectivity index (χ2n) is 3.47. The van der Waals surface area contributed by atoms with E-state index in [4.69, 9.17) is 0 Å². The van der Waals surface area contributed by atoms with Gasteiger partial charge < -0.3 is 0 Å². The van der Waals surface area contributed by atoms with Crippen LogP contribution in [-0.4, -0.2) is 12.1 Å². The first-order chi connectivity index (χ1) is 7.09. The minimum Gasteiger partial charge on any atom is -0.267 e. The van der Waals surface area contributed by atoms with Crippen molar-refractivity contribution in [1.29, 1.82) is 0 Å². The summed E-state index contributed by atoms with van der Waals surface area (Å²) in [5.74, 6) is -0.428. The van der Waals surface area contributed by atoms with Crippen LogP contribution in [0.25, 0.3) is 0 Å². The van der Waals surface area contributed by atoms with E-state index in [1.807, 2.05) is 13.8 Å². The fraction of sp³-hybridized carbons (Fsp3) is 0.273. The van der Waals surface area contributed by atoms with Gasteiger partial charge in [-0.3, -0.25) is 4.79 Å². The fourth-order valence-electron chi connectivity index (χ4n) is 0.911. The van der Waals surface area contributed by atoms with Crippen molar-refractivity contribution in [2.45, 2.75) is 13.8 Å². The minimum atomic E-state index is -0.364. The van der Waals surface area contributed by atoms with Gasteiger partial charge in [0.15, 0.2) is 0 Å². The quantitative estimate of drug-likeness (QED) is 0.600. The van der Waals surface area contributed by atoms with E-state index in [1.54, 1.807) is 6.21 Å². The van der Waals surface area contributed by atoms with Crippen molar-refractivity contribution in [3.05, 3.63) is 35.6 Å². The molecule has 0 heterocycles. The zero-order chi connectivity index (χ0) is 11.3. The largest absolute Gasteiger partial charge is 0.271 e. The maximum Gasteiger partial charge on any atom is 0.271 e. The molecular formula is C11H13FN2O. The number of benzene rings is 1. The van der Waals surface area contributed by atoms with Gasteiger partial charge in [-0.05, 0) is 30.2 Å². The number of nitrogens with zero attached hydrogens (tertiary/aromatic N) is 1. The summed E-state index contributed by atoms with van der Waals surface area (Å²) in [4.78, 5) is 11.4. The molecule has 0 spiro atoms. The molecule has 1 N–H and O–H groups in total. The monoisotopic (exact) mass is 208 g/mol.